The minimum absolute atomic E-state index is 0.0905. The predicted molar refractivity (Wildman–Crippen MR) is 109 cm³/mol. The number of fused-ring (bicyclic) bond motifs is 1. The highest BCUT2D eigenvalue weighted by molar-refractivity contribution is 6.31. The van der Waals surface area contributed by atoms with Crippen LogP contribution in [0.3, 0.4) is 0 Å². The number of carbonyl (C=O) groups is 1. The first-order valence-electron chi connectivity index (χ1n) is 9.27. The van der Waals surface area contributed by atoms with Gasteiger partial charge in [0.2, 0.25) is 0 Å². The largest absolute Gasteiger partial charge is 0.345 e. The van der Waals surface area contributed by atoms with E-state index < -0.39 is 0 Å². The smallest absolute Gasteiger partial charge is 0.253 e. The Kier molecular flexibility index (Phi) is 5.51. The summed E-state index contributed by atoms with van der Waals surface area (Å²) in [5.41, 5.74) is 5.26. The molecule has 0 saturated heterocycles. The van der Waals surface area contributed by atoms with Crippen molar-refractivity contribution in [2.24, 2.45) is 0 Å². The number of nitrogens with zero attached hydrogens (tertiary/aromatic N) is 3. The van der Waals surface area contributed by atoms with E-state index in [2.05, 4.69) is 36.2 Å². The van der Waals surface area contributed by atoms with E-state index in [0.717, 1.165) is 40.8 Å². The molecule has 0 unspecified atom stereocenters. The van der Waals surface area contributed by atoms with Gasteiger partial charge in [-0.3, -0.25) is 14.5 Å². The maximum Gasteiger partial charge on any atom is 0.253 e. The number of rotatable bonds is 5. The van der Waals surface area contributed by atoms with Crippen LogP contribution in [0.5, 0.6) is 0 Å². The van der Waals surface area contributed by atoms with Crippen molar-refractivity contribution in [2.45, 2.75) is 53.6 Å². The molecule has 0 radical (unpaired) electrons. The Morgan fingerprint density at radius 1 is 1.19 bits per heavy atom. The fourth-order valence-electron chi connectivity index (χ4n) is 3.61. The molecule has 0 aliphatic heterocycles. The predicted octanol–water partition coefficient (Wildman–Crippen LogP) is 4.91. The molecule has 2 heterocycles. The molecule has 0 aliphatic carbocycles. The zero-order valence-electron chi connectivity index (χ0n) is 16.4. The summed E-state index contributed by atoms with van der Waals surface area (Å²) in [4.78, 5) is 17.6. The first kappa shape index (κ1) is 19.4. The van der Waals surface area contributed by atoms with Crippen molar-refractivity contribution in [2.75, 3.05) is 0 Å². The van der Waals surface area contributed by atoms with E-state index in [1.165, 1.54) is 0 Å². The van der Waals surface area contributed by atoms with E-state index >= 15 is 0 Å². The monoisotopic (exact) mass is 384 g/mol. The van der Waals surface area contributed by atoms with Crippen molar-refractivity contribution in [3.63, 3.8) is 0 Å². The Balaban J connectivity index is 1.95. The first-order valence-corrected chi connectivity index (χ1v) is 9.65. The van der Waals surface area contributed by atoms with Crippen LogP contribution < -0.4 is 5.32 Å². The van der Waals surface area contributed by atoms with Crippen molar-refractivity contribution in [1.29, 1.82) is 0 Å². The lowest BCUT2D eigenvalue weighted by atomic mass is 10.0. The zero-order valence-corrected chi connectivity index (χ0v) is 17.2. The van der Waals surface area contributed by atoms with Gasteiger partial charge in [0.15, 0.2) is 0 Å². The van der Waals surface area contributed by atoms with Crippen LogP contribution in [-0.4, -0.2) is 20.7 Å². The van der Waals surface area contributed by atoms with Crippen LogP contribution in [-0.2, 0) is 6.54 Å². The van der Waals surface area contributed by atoms with Crippen LogP contribution in [0, 0.1) is 20.8 Å². The van der Waals surface area contributed by atoms with Gasteiger partial charge in [0.25, 0.3) is 5.91 Å². The molecule has 27 heavy (non-hydrogen) atoms. The van der Waals surface area contributed by atoms with Gasteiger partial charge >= 0.3 is 0 Å². The number of aromatic nitrogens is 3. The zero-order chi connectivity index (χ0) is 19.7. The Labute approximate surface area is 164 Å². The van der Waals surface area contributed by atoms with Gasteiger partial charge in [-0.2, -0.15) is 5.10 Å². The minimum Gasteiger partial charge on any atom is -0.345 e. The van der Waals surface area contributed by atoms with Crippen molar-refractivity contribution < 1.29 is 4.79 Å². The Morgan fingerprint density at radius 3 is 2.56 bits per heavy atom. The van der Waals surface area contributed by atoms with E-state index in [4.69, 9.17) is 11.6 Å². The molecule has 0 fully saturated rings. The average molecular weight is 385 g/mol. The molecule has 1 aromatic carbocycles. The number of halogens is 1. The second-order valence-electron chi connectivity index (χ2n) is 6.79. The van der Waals surface area contributed by atoms with Gasteiger partial charge in [-0.15, -0.1) is 0 Å². The highest BCUT2D eigenvalue weighted by atomic mass is 35.5. The molecular formula is C21H25ClN4O. The second kappa shape index (κ2) is 7.69. The third-order valence-corrected chi connectivity index (χ3v) is 5.25. The summed E-state index contributed by atoms with van der Waals surface area (Å²) in [5, 5.41) is 9.24. The van der Waals surface area contributed by atoms with Gasteiger partial charge in [-0.25, -0.2) is 0 Å². The van der Waals surface area contributed by atoms with E-state index in [1.807, 2.05) is 36.7 Å². The molecule has 0 spiro atoms. The molecule has 1 N–H and O–H groups in total. The minimum atomic E-state index is -0.128. The molecule has 142 valence electrons. The lowest BCUT2D eigenvalue weighted by molar-refractivity contribution is 0.0934. The van der Waals surface area contributed by atoms with Crippen molar-refractivity contribution in [3.8, 4) is 0 Å². The fraction of sp³-hybridized carbons (Fsp3) is 0.381. The molecule has 1 amide bonds. The van der Waals surface area contributed by atoms with Gasteiger partial charge in [0.05, 0.1) is 28.5 Å². The Morgan fingerprint density at radius 2 is 1.93 bits per heavy atom. The normalized spacial score (nSPS) is 12.4. The van der Waals surface area contributed by atoms with Gasteiger partial charge in [0, 0.05) is 28.2 Å². The third-order valence-electron chi connectivity index (χ3n) is 5.01. The molecule has 0 saturated carbocycles. The maximum absolute atomic E-state index is 13.0. The number of benzene rings is 1. The molecule has 2 aromatic heterocycles. The van der Waals surface area contributed by atoms with Crippen LogP contribution in [0.4, 0.5) is 0 Å². The number of nitrogens with one attached hydrogen (secondary N) is 1. The summed E-state index contributed by atoms with van der Waals surface area (Å²) < 4.78 is 1.98. The summed E-state index contributed by atoms with van der Waals surface area (Å²) in [7, 11) is 0. The molecule has 5 nitrogen and oxygen atoms in total. The van der Waals surface area contributed by atoms with Crippen LogP contribution >= 0.6 is 11.6 Å². The molecular weight excluding hydrogens is 360 g/mol. The lowest BCUT2D eigenvalue weighted by Gasteiger charge is -2.19. The van der Waals surface area contributed by atoms with Gasteiger partial charge < -0.3 is 5.32 Å². The highest BCUT2D eigenvalue weighted by Gasteiger charge is 2.22. The van der Waals surface area contributed by atoms with E-state index in [1.54, 1.807) is 6.07 Å². The van der Waals surface area contributed by atoms with Crippen LogP contribution in [0.1, 0.15) is 59.3 Å². The number of hydrogen-bond donors (Lipinski definition) is 1. The average Bonchev–Trinajstić information content (AvgIpc) is 2.93. The molecule has 1 atom stereocenters. The Hall–Kier alpha value is -2.40. The number of pyridine rings is 1. The summed E-state index contributed by atoms with van der Waals surface area (Å²) in [6, 6.07) is 7.28. The quantitative estimate of drug-likeness (QED) is 0.679. The SMILES string of the molecule is CC[C@H](NC(=O)c1cc2cc(Cl)ccc2nc1C)c1c(C)nn(CC)c1C. The molecule has 0 aliphatic rings. The van der Waals surface area contributed by atoms with Crippen molar-refractivity contribution in [3.05, 3.63) is 57.5 Å². The number of carbonyl (C=O) groups excluding carboxylic acids is 1. The summed E-state index contributed by atoms with van der Waals surface area (Å²) in [6.07, 6.45) is 0.786. The standard InChI is InChI=1S/C21H25ClN4O/c1-6-18(20-13(4)25-26(7-2)14(20)5)24-21(27)17-11-15-10-16(22)8-9-19(15)23-12(17)3/h8-11,18H,6-7H2,1-5H3,(H,24,27)/t18-/m0/s1. The number of aryl methyl sites for hydroxylation is 3. The van der Waals surface area contributed by atoms with Gasteiger partial charge in [0.1, 0.15) is 0 Å². The second-order valence-corrected chi connectivity index (χ2v) is 7.23. The summed E-state index contributed by atoms with van der Waals surface area (Å²) in [6.45, 7) is 10.9. The lowest BCUT2D eigenvalue weighted by Crippen LogP contribution is -2.29. The summed E-state index contributed by atoms with van der Waals surface area (Å²) in [5.74, 6) is -0.128. The number of amides is 1. The Bertz CT molecular complexity index is 1010. The van der Waals surface area contributed by atoms with E-state index in [9.17, 15) is 4.79 Å². The molecule has 6 heteroatoms. The van der Waals surface area contributed by atoms with Gasteiger partial charge in [-0.1, -0.05) is 18.5 Å². The van der Waals surface area contributed by atoms with Gasteiger partial charge in [-0.05, 0) is 58.4 Å². The van der Waals surface area contributed by atoms with Crippen molar-refractivity contribution in [1.82, 2.24) is 20.1 Å². The number of hydrogen-bond acceptors (Lipinski definition) is 3. The third kappa shape index (κ3) is 3.69. The molecule has 3 aromatic rings. The van der Waals surface area contributed by atoms with Crippen LogP contribution in [0.2, 0.25) is 5.02 Å². The van der Waals surface area contributed by atoms with E-state index in [-0.39, 0.29) is 11.9 Å². The highest BCUT2D eigenvalue weighted by Crippen LogP contribution is 2.26. The first-order chi connectivity index (χ1) is 12.8. The molecule has 3 rings (SSSR count). The topological polar surface area (TPSA) is 59.8 Å². The van der Waals surface area contributed by atoms with E-state index in [0.29, 0.717) is 16.3 Å². The maximum atomic E-state index is 13.0. The van der Waals surface area contributed by atoms with Crippen molar-refractivity contribution >= 4 is 28.4 Å². The van der Waals surface area contributed by atoms with Crippen LogP contribution in [0.25, 0.3) is 10.9 Å². The fourth-order valence-corrected chi connectivity index (χ4v) is 3.79. The summed E-state index contributed by atoms with van der Waals surface area (Å²) >= 11 is 6.09. The van der Waals surface area contributed by atoms with Crippen LogP contribution in [0.15, 0.2) is 24.3 Å². The molecule has 0 bridgehead atoms.